The van der Waals surface area contributed by atoms with Crippen molar-refractivity contribution < 1.29 is 28.6 Å². The van der Waals surface area contributed by atoms with Crippen LogP contribution >= 0.6 is 11.6 Å². The zero-order valence-corrected chi connectivity index (χ0v) is 12.2. The van der Waals surface area contributed by atoms with Crippen molar-refractivity contribution in [3.63, 3.8) is 0 Å². The van der Waals surface area contributed by atoms with E-state index in [4.69, 9.17) is 16.7 Å². The number of carbonyl (C=O) groups is 2. The SMILES string of the molecule is CC1(O)CC(C(=O)Nc2cc(Cl)c(F)cc2F)N(C(=O)O)C1. The highest BCUT2D eigenvalue weighted by atomic mass is 35.5. The molecule has 2 atom stereocenters. The molecule has 0 aromatic heterocycles. The fourth-order valence-electron chi connectivity index (χ4n) is 2.34. The predicted octanol–water partition coefficient (Wildman–Crippen LogP) is 2.06. The maximum atomic E-state index is 13.6. The number of nitrogens with one attached hydrogen (secondary N) is 1. The second-order valence-corrected chi connectivity index (χ2v) is 5.77. The summed E-state index contributed by atoms with van der Waals surface area (Å²) >= 11 is 5.52. The highest BCUT2D eigenvalue weighted by molar-refractivity contribution is 6.31. The van der Waals surface area contributed by atoms with Gasteiger partial charge in [-0.1, -0.05) is 11.6 Å². The Bertz CT molecular complexity index is 639. The molecule has 1 aromatic carbocycles. The Morgan fingerprint density at radius 3 is 2.64 bits per heavy atom. The van der Waals surface area contributed by atoms with E-state index in [1.807, 2.05) is 0 Å². The van der Waals surface area contributed by atoms with Gasteiger partial charge in [-0.05, 0) is 13.0 Å². The molecule has 0 saturated carbocycles. The lowest BCUT2D eigenvalue weighted by Gasteiger charge is -2.20. The largest absolute Gasteiger partial charge is 0.465 e. The minimum Gasteiger partial charge on any atom is -0.465 e. The molecule has 1 aromatic rings. The average molecular weight is 335 g/mol. The van der Waals surface area contributed by atoms with Gasteiger partial charge < -0.3 is 15.5 Å². The van der Waals surface area contributed by atoms with Crippen LogP contribution in [0.25, 0.3) is 0 Å². The van der Waals surface area contributed by atoms with Crippen molar-refractivity contribution in [1.29, 1.82) is 0 Å². The maximum Gasteiger partial charge on any atom is 0.408 e. The van der Waals surface area contributed by atoms with E-state index in [2.05, 4.69) is 5.32 Å². The van der Waals surface area contributed by atoms with E-state index in [1.54, 1.807) is 0 Å². The molecule has 6 nitrogen and oxygen atoms in total. The van der Waals surface area contributed by atoms with Crippen LogP contribution in [0.2, 0.25) is 5.02 Å². The van der Waals surface area contributed by atoms with Crippen LogP contribution < -0.4 is 5.32 Å². The number of β-amino-alcohol motifs (C(OH)–C–C–N with tert-alkyl or cyclic N) is 1. The molecule has 1 aliphatic rings. The Morgan fingerprint density at radius 1 is 1.41 bits per heavy atom. The van der Waals surface area contributed by atoms with Crippen LogP contribution in [0.3, 0.4) is 0 Å². The third kappa shape index (κ3) is 3.28. The highest BCUT2D eigenvalue weighted by Crippen LogP contribution is 2.29. The minimum atomic E-state index is -1.38. The smallest absolute Gasteiger partial charge is 0.408 e. The van der Waals surface area contributed by atoms with Crippen molar-refractivity contribution in [1.82, 2.24) is 4.90 Å². The fraction of sp³-hybridized carbons (Fsp3) is 0.385. The van der Waals surface area contributed by atoms with Crippen molar-refractivity contribution >= 4 is 29.3 Å². The fourth-order valence-corrected chi connectivity index (χ4v) is 2.50. The third-order valence-electron chi connectivity index (χ3n) is 3.34. The number of carbonyl (C=O) groups excluding carboxylic acids is 1. The van der Waals surface area contributed by atoms with Crippen LogP contribution in [0.1, 0.15) is 13.3 Å². The minimum absolute atomic E-state index is 0.137. The van der Waals surface area contributed by atoms with E-state index < -0.39 is 35.3 Å². The lowest BCUT2D eigenvalue weighted by molar-refractivity contribution is -0.120. The topological polar surface area (TPSA) is 89.9 Å². The van der Waals surface area contributed by atoms with E-state index in [-0.39, 0.29) is 23.7 Å². The first-order valence-corrected chi connectivity index (χ1v) is 6.66. The first kappa shape index (κ1) is 16.4. The molecule has 0 radical (unpaired) electrons. The first-order valence-electron chi connectivity index (χ1n) is 6.28. The van der Waals surface area contributed by atoms with Crippen molar-refractivity contribution in [2.75, 3.05) is 11.9 Å². The molecule has 0 aliphatic carbocycles. The number of benzene rings is 1. The van der Waals surface area contributed by atoms with Crippen LogP contribution in [-0.2, 0) is 4.79 Å². The van der Waals surface area contributed by atoms with Gasteiger partial charge >= 0.3 is 6.09 Å². The molecule has 1 aliphatic heterocycles. The number of halogens is 3. The standard InChI is InChI=1S/C13H13ClF2N2O4/c1-13(22)4-10(18(5-13)12(20)21)11(19)17-9-2-6(14)7(15)3-8(9)16/h2-3,10,22H,4-5H2,1H3,(H,17,19)(H,20,21). The Kier molecular flexibility index (Phi) is 4.25. The second-order valence-electron chi connectivity index (χ2n) is 5.36. The van der Waals surface area contributed by atoms with Crippen molar-refractivity contribution in [2.24, 2.45) is 0 Å². The summed E-state index contributed by atoms with van der Waals surface area (Å²) in [7, 11) is 0. The molecule has 9 heteroatoms. The van der Waals surface area contributed by atoms with E-state index in [9.17, 15) is 23.5 Å². The number of hydrogen-bond acceptors (Lipinski definition) is 3. The van der Waals surface area contributed by atoms with Crippen molar-refractivity contribution in [3.05, 3.63) is 28.8 Å². The normalized spacial score (nSPS) is 24.4. The maximum absolute atomic E-state index is 13.6. The number of amides is 2. The highest BCUT2D eigenvalue weighted by Gasteiger charge is 2.45. The third-order valence-corrected chi connectivity index (χ3v) is 3.63. The van der Waals surface area contributed by atoms with Crippen LogP contribution in [0, 0.1) is 11.6 Å². The summed E-state index contributed by atoms with van der Waals surface area (Å²) < 4.78 is 26.7. The zero-order valence-electron chi connectivity index (χ0n) is 11.4. The van der Waals surface area contributed by atoms with Crippen molar-refractivity contribution in [3.8, 4) is 0 Å². The molecule has 1 saturated heterocycles. The molecule has 120 valence electrons. The van der Waals surface area contributed by atoms with Crippen LogP contribution in [-0.4, -0.2) is 45.3 Å². The summed E-state index contributed by atoms with van der Waals surface area (Å²) in [6.45, 7) is 1.15. The molecular weight excluding hydrogens is 322 g/mol. The number of aliphatic hydroxyl groups is 1. The summed E-state index contributed by atoms with van der Waals surface area (Å²) in [4.78, 5) is 24.0. The molecule has 2 amide bonds. The van der Waals surface area contributed by atoms with Gasteiger partial charge in [0, 0.05) is 12.5 Å². The first-order chi connectivity index (χ1) is 10.1. The van der Waals surface area contributed by atoms with Crippen LogP contribution in [0.4, 0.5) is 19.3 Å². The van der Waals surface area contributed by atoms with Gasteiger partial charge in [0.1, 0.15) is 17.7 Å². The molecule has 2 rings (SSSR count). The van der Waals surface area contributed by atoms with Gasteiger partial charge in [-0.3, -0.25) is 9.69 Å². The summed E-state index contributed by atoms with van der Waals surface area (Å²) in [6, 6.07) is 0.218. The molecule has 1 heterocycles. The molecular formula is C13H13ClF2N2O4. The molecule has 3 N–H and O–H groups in total. The van der Waals surface area contributed by atoms with E-state index >= 15 is 0 Å². The zero-order chi connectivity index (χ0) is 16.7. The Morgan fingerprint density at radius 2 is 2.05 bits per heavy atom. The van der Waals surface area contributed by atoms with E-state index in [1.165, 1.54) is 6.92 Å². The molecule has 0 spiro atoms. The number of anilines is 1. The van der Waals surface area contributed by atoms with Gasteiger partial charge in [0.2, 0.25) is 5.91 Å². The van der Waals surface area contributed by atoms with E-state index in [0.717, 1.165) is 11.0 Å². The van der Waals surface area contributed by atoms with Gasteiger partial charge in [0.25, 0.3) is 0 Å². The van der Waals surface area contributed by atoms with E-state index in [0.29, 0.717) is 6.07 Å². The van der Waals surface area contributed by atoms with Crippen LogP contribution in [0.5, 0.6) is 0 Å². The number of likely N-dealkylation sites (tertiary alicyclic amines) is 1. The molecule has 0 bridgehead atoms. The van der Waals surface area contributed by atoms with Gasteiger partial charge in [0.15, 0.2) is 0 Å². The lowest BCUT2D eigenvalue weighted by atomic mass is 10.0. The molecule has 2 unspecified atom stereocenters. The Hall–Kier alpha value is -1.93. The summed E-state index contributed by atoms with van der Waals surface area (Å²) in [6.07, 6.45) is -1.52. The second kappa shape index (κ2) is 5.69. The monoisotopic (exact) mass is 334 g/mol. The van der Waals surface area contributed by atoms with Gasteiger partial charge in [0.05, 0.1) is 22.9 Å². The Labute approximate surface area is 129 Å². The number of hydrogen-bond donors (Lipinski definition) is 3. The average Bonchev–Trinajstić information content (AvgIpc) is 2.72. The summed E-state index contributed by atoms with van der Waals surface area (Å²) in [5.74, 6) is -2.85. The van der Waals surface area contributed by atoms with Crippen LogP contribution in [0.15, 0.2) is 12.1 Å². The number of rotatable bonds is 2. The van der Waals surface area contributed by atoms with Gasteiger partial charge in [-0.2, -0.15) is 0 Å². The summed E-state index contributed by atoms with van der Waals surface area (Å²) in [5, 5.41) is 20.7. The lowest BCUT2D eigenvalue weighted by Crippen LogP contribution is -2.42. The predicted molar refractivity (Wildman–Crippen MR) is 73.8 cm³/mol. The number of carboxylic acid groups (broad SMARTS) is 1. The molecule has 22 heavy (non-hydrogen) atoms. The quantitative estimate of drug-likeness (QED) is 0.722. The van der Waals surface area contributed by atoms with Crippen molar-refractivity contribution in [2.45, 2.75) is 25.0 Å². The van der Waals surface area contributed by atoms with Gasteiger partial charge in [-0.25, -0.2) is 13.6 Å². The molecule has 1 fully saturated rings. The summed E-state index contributed by atoms with van der Waals surface area (Å²) in [5.41, 5.74) is -1.73. The Balaban J connectivity index is 2.22. The number of nitrogens with zero attached hydrogens (tertiary/aromatic N) is 1. The van der Waals surface area contributed by atoms with Gasteiger partial charge in [-0.15, -0.1) is 0 Å².